The van der Waals surface area contributed by atoms with Gasteiger partial charge in [0, 0.05) is 10.7 Å². The molecule has 0 saturated carbocycles. The Morgan fingerprint density at radius 3 is 2.92 bits per heavy atom. The number of aryl methyl sites for hydroxylation is 1. The van der Waals surface area contributed by atoms with E-state index in [1.165, 1.54) is 0 Å². The van der Waals surface area contributed by atoms with Crippen LogP contribution in [0.3, 0.4) is 0 Å². The lowest BCUT2D eigenvalue weighted by Gasteiger charge is -2.06. The minimum absolute atomic E-state index is 0.0784. The Labute approximate surface area is 90.4 Å². The molecule has 0 heterocycles. The smallest absolute Gasteiger partial charge is 0.235 e. The molecule has 0 atom stereocenters. The maximum absolute atomic E-state index is 11.0. The van der Waals surface area contributed by atoms with Crippen molar-refractivity contribution >= 4 is 39.1 Å². The van der Waals surface area contributed by atoms with E-state index in [0.29, 0.717) is 10.4 Å². The molecule has 1 N–H and O–H groups in total. The zero-order chi connectivity index (χ0) is 9.84. The van der Waals surface area contributed by atoms with Crippen LogP contribution in [0.4, 0.5) is 5.69 Å². The van der Waals surface area contributed by atoms with Crippen LogP contribution in [0.25, 0.3) is 0 Å². The van der Waals surface area contributed by atoms with Gasteiger partial charge in [0.25, 0.3) is 0 Å². The Morgan fingerprint density at radius 1 is 1.62 bits per heavy atom. The summed E-state index contributed by atoms with van der Waals surface area (Å²) in [5.41, 5.74) is 1.76. The second-order valence-electron chi connectivity index (χ2n) is 2.64. The summed E-state index contributed by atoms with van der Waals surface area (Å²) in [7, 11) is 0. The van der Waals surface area contributed by atoms with Crippen LogP contribution in [0.2, 0.25) is 5.02 Å². The van der Waals surface area contributed by atoms with Crippen molar-refractivity contribution in [2.75, 3.05) is 10.6 Å². The largest absolute Gasteiger partial charge is 0.325 e. The third kappa shape index (κ3) is 3.01. The van der Waals surface area contributed by atoms with E-state index >= 15 is 0 Å². The Bertz CT molecular complexity index is 327. The van der Waals surface area contributed by atoms with Crippen molar-refractivity contribution in [3.05, 3.63) is 28.8 Å². The molecule has 0 saturated heterocycles. The van der Waals surface area contributed by atoms with Crippen LogP contribution >= 0.6 is 27.5 Å². The minimum atomic E-state index is -0.0784. The Hall–Kier alpha value is -0.540. The van der Waals surface area contributed by atoms with E-state index in [4.69, 9.17) is 11.6 Å². The molecular weight excluding hydrogens is 253 g/mol. The number of amides is 1. The molecule has 0 spiro atoms. The van der Waals surface area contributed by atoms with E-state index in [1.54, 1.807) is 12.1 Å². The summed E-state index contributed by atoms with van der Waals surface area (Å²) >= 11 is 8.85. The zero-order valence-corrected chi connectivity index (χ0v) is 9.45. The highest BCUT2D eigenvalue weighted by molar-refractivity contribution is 9.09. The average Bonchev–Trinajstić information content (AvgIpc) is 2.11. The maximum Gasteiger partial charge on any atom is 0.235 e. The van der Waals surface area contributed by atoms with E-state index in [-0.39, 0.29) is 5.91 Å². The Balaban J connectivity index is 2.87. The molecule has 0 aliphatic carbocycles. The summed E-state index contributed by atoms with van der Waals surface area (Å²) < 4.78 is 0. The number of carbonyl (C=O) groups is 1. The van der Waals surface area contributed by atoms with E-state index in [2.05, 4.69) is 21.2 Å². The summed E-state index contributed by atoms with van der Waals surface area (Å²) in [5.74, 6) is -0.0784. The second-order valence-corrected chi connectivity index (χ2v) is 3.64. The molecule has 0 bridgehead atoms. The molecule has 1 aromatic rings. The van der Waals surface area contributed by atoms with Crippen molar-refractivity contribution in [3.8, 4) is 0 Å². The van der Waals surface area contributed by atoms with Crippen molar-refractivity contribution in [2.24, 2.45) is 0 Å². The molecular formula is C9H9BrClNO. The molecule has 1 aromatic carbocycles. The first-order valence-corrected chi connectivity index (χ1v) is 5.25. The Morgan fingerprint density at radius 2 is 2.31 bits per heavy atom. The van der Waals surface area contributed by atoms with Crippen LogP contribution < -0.4 is 5.32 Å². The van der Waals surface area contributed by atoms with Gasteiger partial charge in [0.05, 0.1) is 5.33 Å². The predicted octanol–water partition coefficient (Wildman–Crippen LogP) is 2.98. The highest BCUT2D eigenvalue weighted by atomic mass is 79.9. The normalized spacial score (nSPS) is 9.77. The average molecular weight is 263 g/mol. The molecule has 0 unspecified atom stereocenters. The lowest BCUT2D eigenvalue weighted by Crippen LogP contribution is -2.13. The number of alkyl halides is 1. The molecule has 0 aliphatic rings. The number of hydrogen-bond donors (Lipinski definition) is 1. The van der Waals surface area contributed by atoms with Gasteiger partial charge in [0.1, 0.15) is 0 Å². The Kier molecular flexibility index (Phi) is 3.75. The minimum Gasteiger partial charge on any atom is -0.325 e. The van der Waals surface area contributed by atoms with Gasteiger partial charge in [-0.3, -0.25) is 4.79 Å². The van der Waals surface area contributed by atoms with Crippen molar-refractivity contribution in [2.45, 2.75) is 6.92 Å². The lowest BCUT2D eigenvalue weighted by molar-refractivity contribution is -0.113. The van der Waals surface area contributed by atoms with Gasteiger partial charge in [-0.2, -0.15) is 0 Å². The summed E-state index contributed by atoms with van der Waals surface area (Å²) in [6.07, 6.45) is 0. The third-order valence-corrected chi connectivity index (χ3v) is 2.34. The van der Waals surface area contributed by atoms with Gasteiger partial charge in [-0.25, -0.2) is 0 Å². The van der Waals surface area contributed by atoms with Gasteiger partial charge in [-0.15, -0.1) is 0 Å². The third-order valence-electron chi connectivity index (χ3n) is 1.60. The summed E-state index contributed by atoms with van der Waals surface area (Å²) in [5, 5.41) is 3.64. The SMILES string of the molecule is Cc1ccc(Cl)cc1NC(=O)CBr. The molecule has 1 rings (SSSR count). The van der Waals surface area contributed by atoms with Crippen LogP contribution in [0, 0.1) is 6.92 Å². The number of nitrogens with one attached hydrogen (secondary N) is 1. The van der Waals surface area contributed by atoms with Gasteiger partial charge in [-0.1, -0.05) is 33.6 Å². The fourth-order valence-electron chi connectivity index (χ4n) is 0.913. The highest BCUT2D eigenvalue weighted by Gasteiger charge is 2.02. The molecule has 70 valence electrons. The molecule has 1 amide bonds. The highest BCUT2D eigenvalue weighted by Crippen LogP contribution is 2.19. The summed E-state index contributed by atoms with van der Waals surface area (Å²) in [4.78, 5) is 11.0. The molecule has 13 heavy (non-hydrogen) atoms. The van der Waals surface area contributed by atoms with Crippen molar-refractivity contribution in [3.63, 3.8) is 0 Å². The number of hydrogen-bond acceptors (Lipinski definition) is 1. The molecule has 0 aromatic heterocycles. The topological polar surface area (TPSA) is 29.1 Å². The van der Waals surface area contributed by atoms with E-state index < -0.39 is 0 Å². The second kappa shape index (κ2) is 4.63. The van der Waals surface area contributed by atoms with Crippen LogP contribution in [0.5, 0.6) is 0 Å². The van der Waals surface area contributed by atoms with Gasteiger partial charge in [-0.05, 0) is 24.6 Å². The monoisotopic (exact) mass is 261 g/mol. The van der Waals surface area contributed by atoms with Gasteiger partial charge in [0.15, 0.2) is 0 Å². The quantitative estimate of drug-likeness (QED) is 0.816. The number of anilines is 1. The van der Waals surface area contributed by atoms with Crippen molar-refractivity contribution in [1.29, 1.82) is 0 Å². The van der Waals surface area contributed by atoms with E-state index in [1.807, 2.05) is 13.0 Å². The number of carbonyl (C=O) groups excluding carboxylic acids is 1. The zero-order valence-electron chi connectivity index (χ0n) is 7.10. The summed E-state index contributed by atoms with van der Waals surface area (Å²) in [6, 6.07) is 5.39. The number of rotatable bonds is 2. The van der Waals surface area contributed by atoms with E-state index in [0.717, 1.165) is 11.3 Å². The molecule has 0 aliphatic heterocycles. The van der Waals surface area contributed by atoms with Crippen LogP contribution in [-0.4, -0.2) is 11.2 Å². The fourth-order valence-corrected chi connectivity index (χ4v) is 1.22. The van der Waals surface area contributed by atoms with Crippen molar-refractivity contribution in [1.82, 2.24) is 0 Å². The molecule has 0 radical (unpaired) electrons. The van der Waals surface area contributed by atoms with Crippen LogP contribution in [-0.2, 0) is 4.79 Å². The number of benzene rings is 1. The van der Waals surface area contributed by atoms with Gasteiger partial charge >= 0.3 is 0 Å². The lowest BCUT2D eigenvalue weighted by atomic mass is 10.2. The van der Waals surface area contributed by atoms with Crippen LogP contribution in [0.15, 0.2) is 18.2 Å². The fraction of sp³-hybridized carbons (Fsp3) is 0.222. The first-order valence-electron chi connectivity index (χ1n) is 3.75. The summed E-state index contributed by atoms with van der Waals surface area (Å²) in [6.45, 7) is 1.92. The van der Waals surface area contributed by atoms with Gasteiger partial charge < -0.3 is 5.32 Å². The first kappa shape index (κ1) is 10.5. The first-order chi connectivity index (χ1) is 6.13. The maximum atomic E-state index is 11.0. The van der Waals surface area contributed by atoms with Crippen molar-refractivity contribution < 1.29 is 4.79 Å². The van der Waals surface area contributed by atoms with Gasteiger partial charge in [0.2, 0.25) is 5.91 Å². The molecule has 2 nitrogen and oxygen atoms in total. The number of halogens is 2. The van der Waals surface area contributed by atoms with Crippen LogP contribution in [0.1, 0.15) is 5.56 Å². The predicted molar refractivity (Wildman–Crippen MR) is 58.6 cm³/mol. The molecule has 4 heteroatoms. The standard InChI is InChI=1S/C9H9BrClNO/c1-6-2-3-7(11)4-8(6)12-9(13)5-10/h2-4H,5H2,1H3,(H,12,13). The van der Waals surface area contributed by atoms with E-state index in [9.17, 15) is 4.79 Å². The molecule has 0 fully saturated rings.